The zero-order valence-electron chi connectivity index (χ0n) is 20.0. The molecule has 1 N–H and O–H groups in total. The normalized spacial score (nSPS) is 11.2. The van der Waals surface area contributed by atoms with Crippen LogP contribution in [-0.4, -0.2) is 36.7 Å². The third-order valence-corrected chi connectivity index (χ3v) is 7.18. The average molecular weight is 517 g/mol. The molecule has 0 spiro atoms. The van der Waals surface area contributed by atoms with Crippen molar-refractivity contribution in [1.29, 1.82) is 0 Å². The standard InChI is InChI=1S/C27H24N4O5S/c1-18-14-20(29-12-10-28-17-29)6-9-22(18)23-15-25-24(30(23)11-2-3-13-32)16-26(37-25)27(33)36-21-7-4-19(5-8-21)31(34)35/h4-10,12,14-17,32H,2-3,11,13H2,1H3. The number of aliphatic hydroxyl groups is 1. The molecule has 10 heteroatoms. The Bertz CT molecular complexity index is 1570. The minimum Gasteiger partial charge on any atom is -0.422 e. The highest BCUT2D eigenvalue weighted by Gasteiger charge is 2.20. The van der Waals surface area contributed by atoms with Crippen molar-refractivity contribution in [2.75, 3.05) is 6.61 Å². The molecule has 0 aliphatic carbocycles. The molecule has 0 atom stereocenters. The number of fused-ring (bicyclic) bond motifs is 1. The Morgan fingerprint density at radius 1 is 1.14 bits per heavy atom. The molecule has 9 nitrogen and oxygen atoms in total. The summed E-state index contributed by atoms with van der Waals surface area (Å²) < 4.78 is 10.5. The van der Waals surface area contributed by atoms with Crippen LogP contribution < -0.4 is 4.74 Å². The molecule has 0 radical (unpaired) electrons. The molecule has 0 saturated heterocycles. The van der Waals surface area contributed by atoms with E-state index >= 15 is 0 Å². The van der Waals surface area contributed by atoms with Crippen LogP contribution in [-0.2, 0) is 6.54 Å². The van der Waals surface area contributed by atoms with Crippen molar-refractivity contribution in [2.45, 2.75) is 26.3 Å². The number of nitro groups is 1. The summed E-state index contributed by atoms with van der Waals surface area (Å²) in [6.07, 6.45) is 6.88. The lowest BCUT2D eigenvalue weighted by atomic mass is 10.0. The van der Waals surface area contributed by atoms with Crippen LogP contribution in [0.1, 0.15) is 28.1 Å². The summed E-state index contributed by atoms with van der Waals surface area (Å²) in [5.41, 5.74) is 5.12. The predicted octanol–water partition coefficient (Wildman–Crippen LogP) is 5.76. The van der Waals surface area contributed by atoms with Crippen LogP contribution in [0.3, 0.4) is 0 Å². The number of unbranched alkanes of at least 4 members (excludes halogenated alkanes) is 1. The van der Waals surface area contributed by atoms with Gasteiger partial charge in [-0.3, -0.25) is 10.1 Å². The fraction of sp³-hybridized carbons (Fsp3) is 0.185. The summed E-state index contributed by atoms with van der Waals surface area (Å²) in [4.78, 5) is 27.8. The topological polar surface area (TPSA) is 112 Å². The smallest absolute Gasteiger partial charge is 0.353 e. The molecule has 0 aliphatic rings. The third-order valence-electron chi connectivity index (χ3n) is 6.13. The SMILES string of the molecule is Cc1cc(-n2ccnc2)ccc1-c1cc2sc(C(=O)Oc3ccc([N+](=O)[O-])cc3)cc2n1CCCCO. The fourth-order valence-corrected chi connectivity index (χ4v) is 5.27. The van der Waals surface area contributed by atoms with Gasteiger partial charge >= 0.3 is 5.97 Å². The van der Waals surface area contributed by atoms with Gasteiger partial charge in [-0.2, -0.15) is 0 Å². The van der Waals surface area contributed by atoms with Crippen LogP contribution >= 0.6 is 11.3 Å². The first-order valence-corrected chi connectivity index (χ1v) is 12.6. The number of aryl methyl sites for hydroxylation is 2. The maximum atomic E-state index is 12.8. The van der Waals surface area contributed by atoms with E-state index in [0.717, 1.165) is 39.1 Å². The second kappa shape index (κ2) is 10.4. The number of rotatable bonds is 9. The molecule has 0 bridgehead atoms. The highest BCUT2D eigenvalue weighted by atomic mass is 32.1. The lowest BCUT2D eigenvalue weighted by Crippen LogP contribution is -2.07. The highest BCUT2D eigenvalue weighted by Crippen LogP contribution is 2.36. The Hall–Kier alpha value is -4.28. The molecular formula is C27H24N4O5S. The molecule has 2 aromatic carbocycles. The number of aromatic nitrogens is 3. The summed E-state index contributed by atoms with van der Waals surface area (Å²) in [6.45, 7) is 2.88. The van der Waals surface area contributed by atoms with Crippen LogP contribution in [0.4, 0.5) is 5.69 Å². The van der Waals surface area contributed by atoms with Gasteiger partial charge in [0, 0.05) is 48.9 Å². The second-order valence-corrected chi connectivity index (χ2v) is 9.67. The van der Waals surface area contributed by atoms with Gasteiger partial charge in [-0.1, -0.05) is 6.07 Å². The van der Waals surface area contributed by atoms with E-state index in [1.165, 1.54) is 35.6 Å². The lowest BCUT2D eigenvalue weighted by Gasteiger charge is -2.14. The molecule has 3 aromatic heterocycles. The summed E-state index contributed by atoms with van der Waals surface area (Å²) in [6, 6.07) is 15.6. The van der Waals surface area contributed by atoms with Crippen LogP contribution in [0.15, 0.2) is 73.3 Å². The number of nitro benzene ring substituents is 1. The molecular weight excluding hydrogens is 492 g/mol. The van der Waals surface area contributed by atoms with Crippen molar-refractivity contribution in [1.82, 2.24) is 14.1 Å². The van der Waals surface area contributed by atoms with Gasteiger partial charge in [0.1, 0.15) is 10.6 Å². The fourth-order valence-electron chi connectivity index (χ4n) is 4.29. The van der Waals surface area contributed by atoms with Crippen LogP contribution in [0.25, 0.3) is 27.2 Å². The van der Waals surface area contributed by atoms with E-state index < -0.39 is 10.9 Å². The van der Waals surface area contributed by atoms with Crippen LogP contribution in [0, 0.1) is 17.0 Å². The first-order chi connectivity index (χ1) is 17.9. The van der Waals surface area contributed by atoms with Gasteiger partial charge in [-0.25, -0.2) is 9.78 Å². The zero-order chi connectivity index (χ0) is 25.9. The number of hydrogen-bond donors (Lipinski definition) is 1. The third kappa shape index (κ3) is 5.02. The van der Waals surface area contributed by atoms with E-state index in [4.69, 9.17) is 4.74 Å². The zero-order valence-corrected chi connectivity index (χ0v) is 20.9. The number of benzene rings is 2. The van der Waals surface area contributed by atoms with E-state index in [9.17, 15) is 20.0 Å². The van der Waals surface area contributed by atoms with Gasteiger partial charge in [-0.15, -0.1) is 11.3 Å². The van der Waals surface area contributed by atoms with Crippen molar-refractivity contribution < 1.29 is 19.6 Å². The number of non-ortho nitro benzene ring substituents is 1. The minimum atomic E-state index is -0.514. The predicted molar refractivity (Wildman–Crippen MR) is 141 cm³/mol. The van der Waals surface area contributed by atoms with E-state index in [2.05, 4.69) is 40.7 Å². The minimum absolute atomic E-state index is 0.0700. The van der Waals surface area contributed by atoms with Gasteiger partial charge in [0.2, 0.25) is 0 Å². The van der Waals surface area contributed by atoms with E-state index in [0.29, 0.717) is 17.8 Å². The Morgan fingerprint density at radius 3 is 2.62 bits per heavy atom. The number of imidazole rings is 1. The van der Waals surface area contributed by atoms with Crippen molar-refractivity contribution in [3.8, 4) is 22.7 Å². The molecule has 188 valence electrons. The van der Waals surface area contributed by atoms with Crippen LogP contribution in [0.2, 0.25) is 0 Å². The van der Waals surface area contributed by atoms with Crippen LogP contribution in [0.5, 0.6) is 5.75 Å². The molecule has 0 amide bonds. The number of nitrogens with zero attached hydrogens (tertiary/aromatic N) is 4. The molecule has 5 rings (SSSR count). The summed E-state index contributed by atoms with van der Waals surface area (Å²) >= 11 is 1.34. The first kappa shape index (κ1) is 24.4. The maximum absolute atomic E-state index is 12.8. The number of thiophene rings is 1. The lowest BCUT2D eigenvalue weighted by molar-refractivity contribution is -0.384. The number of esters is 1. The van der Waals surface area contributed by atoms with E-state index in [1.807, 2.05) is 16.8 Å². The van der Waals surface area contributed by atoms with Gasteiger partial charge in [0.25, 0.3) is 5.69 Å². The van der Waals surface area contributed by atoms with Crippen molar-refractivity contribution in [2.24, 2.45) is 0 Å². The van der Waals surface area contributed by atoms with E-state index in [1.54, 1.807) is 12.5 Å². The first-order valence-electron chi connectivity index (χ1n) is 11.7. The highest BCUT2D eigenvalue weighted by molar-refractivity contribution is 7.20. The summed E-state index contributed by atoms with van der Waals surface area (Å²) in [5.74, 6) is -0.270. The number of ether oxygens (including phenoxy) is 1. The van der Waals surface area contributed by atoms with Crippen molar-refractivity contribution in [3.63, 3.8) is 0 Å². The molecule has 0 saturated carbocycles. The average Bonchev–Trinajstić information content (AvgIpc) is 3.62. The molecule has 3 heterocycles. The molecule has 0 aliphatic heterocycles. The van der Waals surface area contributed by atoms with Gasteiger partial charge in [0.15, 0.2) is 0 Å². The monoisotopic (exact) mass is 516 g/mol. The van der Waals surface area contributed by atoms with E-state index in [-0.39, 0.29) is 18.0 Å². The quantitative estimate of drug-likeness (QED) is 0.0876. The van der Waals surface area contributed by atoms with Crippen molar-refractivity contribution in [3.05, 3.63) is 93.9 Å². The molecule has 37 heavy (non-hydrogen) atoms. The number of aliphatic hydroxyl groups excluding tert-OH is 1. The Morgan fingerprint density at radius 2 is 1.95 bits per heavy atom. The summed E-state index contributed by atoms with van der Waals surface area (Å²) in [7, 11) is 0. The maximum Gasteiger partial charge on any atom is 0.353 e. The Labute approximate surface area is 216 Å². The summed E-state index contributed by atoms with van der Waals surface area (Å²) in [5, 5.41) is 20.2. The van der Waals surface area contributed by atoms with Gasteiger partial charge in [0.05, 0.1) is 27.2 Å². The van der Waals surface area contributed by atoms with Gasteiger partial charge in [-0.05, 0) is 61.7 Å². The molecule has 0 fully saturated rings. The largest absolute Gasteiger partial charge is 0.422 e. The second-order valence-electron chi connectivity index (χ2n) is 8.58. The number of carbonyl (C=O) groups excluding carboxylic acids is 1. The van der Waals surface area contributed by atoms with Crippen molar-refractivity contribution >= 4 is 33.2 Å². The molecule has 5 aromatic rings. The van der Waals surface area contributed by atoms with Gasteiger partial charge < -0.3 is 19.0 Å². The molecule has 0 unspecified atom stereocenters. The number of carbonyl (C=O) groups is 1. The Balaban J connectivity index is 1.46. The Kier molecular flexibility index (Phi) is 6.85. The number of hydrogen-bond acceptors (Lipinski definition) is 7.